The maximum Gasteiger partial charge on any atom is 0.271 e. The van der Waals surface area contributed by atoms with Crippen LogP contribution >= 0.6 is 23.4 Å². The number of hydrogen-bond donors (Lipinski definition) is 1. The fourth-order valence-electron chi connectivity index (χ4n) is 2.50. The zero-order chi connectivity index (χ0) is 20.1. The summed E-state index contributed by atoms with van der Waals surface area (Å²) < 4.78 is 0. The molecule has 1 N–H and O–H groups in total. The summed E-state index contributed by atoms with van der Waals surface area (Å²) in [5, 5.41) is 14.4. The van der Waals surface area contributed by atoms with Gasteiger partial charge in [-0.2, -0.15) is 0 Å². The van der Waals surface area contributed by atoms with E-state index in [4.69, 9.17) is 11.6 Å². The smallest absolute Gasteiger partial charge is 0.271 e. The topological polar surface area (TPSA) is 72.2 Å². The molecule has 1 amide bonds. The first-order chi connectivity index (χ1) is 13.4. The molecule has 0 radical (unpaired) electrons. The molecule has 0 spiro atoms. The lowest BCUT2D eigenvalue weighted by Gasteiger charge is -2.09. The minimum atomic E-state index is -0.484. The number of rotatable bonds is 6. The highest BCUT2D eigenvalue weighted by Gasteiger charge is 2.12. The van der Waals surface area contributed by atoms with Crippen molar-refractivity contribution in [3.8, 4) is 0 Å². The van der Waals surface area contributed by atoms with Gasteiger partial charge in [-0.15, -0.1) is 11.8 Å². The Morgan fingerprint density at radius 2 is 1.75 bits per heavy atom. The third-order valence-corrected chi connectivity index (χ3v) is 5.45. The summed E-state index contributed by atoms with van der Waals surface area (Å²) in [5.74, 6) is 0.466. The number of amides is 1. The summed E-state index contributed by atoms with van der Waals surface area (Å²) in [7, 11) is 0. The van der Waals surface area contributed by atoms with E-state index < -0.39 is 4.92 Å². The molecule has 0 saturated carbocycles. The third-order valence-electron chi connectivity index (χ3n) is 4.12. The molecule has 0 fully saturated rings. The first kappa shape index (κ1) is 19.9. The highest BCUT2D eigenvalue weighted by molar-refractivity contribution is 7.98. The number of nitro groups is 1. The van der Waals surface area contributed by atoms with E-state index in [-0.39, 0.29) is 11.6 Å². The van der Waals surface area contributed by atoms with Crippen LogP contribution in [0.5, 0.6) is 0 Å². The van der Waals surface area contributed by atoms with Crippen molar-refractivity contribution in [2.24, 2.45) is 0 Å². The largest absolute Gasteiger partial charge is 0.321 e. The molecule has 0 unspecified atom stereocenters. The van der Waals surface area contributed by atoms with Crippen LogP contribution < -0.4 is 5.32 Å². The number of non-ortho nitro benzene ring substituents is 1. The van der Waals surface area contributed by atoms with Crippen molar-refractivity contribution in [1.29, 1.82) is 0 Å². The second-order valence-electron chi connectivity index (χ2n) is 6.15. The van der Waals surface area contributed by atoms with Crippen LogP contribution in [0.3, 0.4) is 0 Å². The van der Waals surface area contributed by atoms with Gasteiger partial charge in [0.25, 0.3) is 11.6 Å². The van der Waals surface area contributed by atoms with Crippen molar-refractivity contribution in [3.63, 3.8) is 0 Å². The average Bonchev–Trinajstić information content (AvgIpc) is 2.69. The van der Waals surface area contributed by atoms with Gasteiger partial charge in [-0.3, -0.25) is 14.9 Å². The molecule has 5 nitrogen and oxygen atoms in total. The summed E-state index contributed by atoms with van der Waals surface area (Å²) in [6.07, 6.45) is 0. The quantitative estimate of drug-likeness (QED) is 0.301. The maximum atomic E-state index is 12.5. The standard InChI is InChI=1S/C21H17ClN2O3S/c1-14-2-9-18(24(26)27)12-20(14)23-21(25)16-5-3-15(4-6-16)13-28-19-10-7-17(22)8-11-19/h2-12H,13H2,1H3,(H,23,25). The molecule has 0 bridgehead atoms. The van der Waals surface area contributed by atoms with Gasteiger partial charge in [0, 0.05) is 33.4 Å². The van der Waals surface area contributed by atoms with E-state index in [1.54, 1.807) is 36.9 Å². The molecule has 0 aliphatic carbocycles. The van der Waals surface area contributed by atoms with Gasteiger partial charge in [-0.25, -0.2) is 0 Å². The van der Waals surface area contributed by atoms with E-state index >= 15 is 0 Å². The summed E-state index contributed by atoms with van der Waals surface area (Å²) in [6.45, 7) is 1.79. The van der Waals surface area contributed by atoms with Gasteiger partial charge < -0.3 is 5.32 Å². The fourth-order valence-corrected chi connectivity index (χ4v) is 3.48. The number of benzene rings is 3. The zero-order valence-corrected chi connectivity index (χ0v) is 16.6. The van der Waals surface area contributed by atoms with E-state index in [0.717, 1.165) is 21.8 Å². The number of thioether (sulfide) groups is 1. The Bertz CT molecular complexity index is 1010. The van der Waals surface area contributed by atoms with Crippen molar-refractivity contribution in [2.75, 3.05) is 5.32 Å². The van der Waals surface area contributed by atoms with Crippen LogP contribution in [0.4, 0.5) is 11.4 Å². The molecule has 0 saturated heterocycles. The van der Waals surface area contributed by atoms with Crippen LogP contribution in [0.15, 0.2) is 71.6 Å². The molecule has 142 valence electrons. The molecule has 0 aliphatic rings. The number of nitrogens with one attached hydrogen (secondary N) is 1. The molecule has 3 rings (SSSR count). The normalized spacial score (nSPS) is 10.5. The Labute approximate surface area is 171 Å². The second-order valence-corrected chi connectivity index (χ2v) is 7.64. The van der Waals surface area contributed by atoms with Gasteiger partial charge >= 0.3 is 0 Å². The first-order valence-corrected chi connectivity index (χ1v) is 9.82. The Hall–Kier alpha value is -2.83. The minimum Gasteiger partial charge on any atom is -0.321 e. The number of nitrogens with zero attached hydrogens (tertiary/aromatic N) is 1. The monoisotopic (exact) mass is 412 g/mol. The van der Waals surface area contributed by atoms with Crippen molar-refractivity contribution < 1.29 is 9.72 Å². The van der Waals surface area contributed by atoms with Crippen LogP contribution in [0, 0.1) is 17.0 Å². The average molecular weight is 413 g/mol. The highest BCUT2D eigenvalue weighted by atomic mass is 35.5. The van der Waals surface area contributed by atoms with E-state index in [1.165, 1.54) is 12.1 Å². The van der Waals surface area contributed by atoms with Crippen LogP contribution in [-0.4, -0.2) is 10.8 Å². The summed E-state index contributed by atoms with van der Waals surface area (Å²) >= 11 is 7.57. The lowest BCUT2D eigenvalue weighted by molar-refractivity contribution is -0.384. The van der Waals surface area contributed by atoms with E-state index in [2.05, 4.69) is 5.32 Å². The van der Waals surface area contributed by atoms with Gasteiger partial charge in [0.1, 0.15) is 0 Å². The molecule has 0 heterocycles. The van der Waals surface area contributed by atoms with Gasteiger partial charge in [-0.05, 0) is 54.4 Å². The molecule has 7 heteroatoms. The van der Waals surface area contributed by atoms with Crippen LogP contribution in [0.1, 0.15) is 21.5 Å². The number of nitro benzene ring substituents is 1. The van der Waals surface area contributed by atoms with E-state index in [0.29, 0.717) is 16.3 Å². The van der Waals surface area contributed by atoms with Crippen LogP contribution in [0.25, 0.3) is 0 Å². The Morgan fingerprint density at radius 1 is 1.07 bits per heavy atom. The lowest BCUT2D eigenvalue weighted by Crippen LogP contribution is -2.13. The molecular weight excluding hydrogens is 396 g/mol. The minimum absolute atomic E-state index is 0.0597. The van der Waals surface area contributed by atoms with Gasteiger partial charge in [0.05, 0.1) is 10.6 Å². The van der Waals surface area contributed by atoms with Gasteiger partial charge in [0.2, 0.25) is 0 Å². The number of halogens is 1. The molecule has 0 aromatic heterocycles. The molecule has 3 aromatic carbocycles. The van der Waals surface area contributed by atoms with Gasteiger partial charge in [0.15, 0.2) is 0 Å². The number of carbonyl (C=O) groups excluding carboxylic acids is 1. The summed E-state index contributed by atoms with van der Waals surface area (Å²) in [5.41, 5.74) is 2.71. The first-order valence-electron chi connectivity index (χ1n) is 8.46. The van der Waals surface area contributed by atoms with Crippen molar-refractivity contribution in [3.05, 3.63) is 98.6 Å². The molecular formula is C21H17ClN2O3S. The van der Waals surface area contributed by atoms with E-state index in [9.17, 15) is 14.9 Å². The Kier molecular flexibility index (Phi) is 6.34. The van der Waals surface area contributed by atoms with Crippen molar-refractivity contribution in [2.45, 2.75) is 17.6 Å². The molecule has 0 aliphatic heterocycles. The Morgan fingerprint density at radius 3 is 2.39 bits per heavy atom. The zero-order valence-electron chi connectivity index (χ0n) is 15.0. The number of hydrogen-bond acceptors (Lipinski definition) is 4. The number of aryl methyl sites for hydroxylation is 1. The van der Waals surface area contributed by atoms with E-state index in [1.807, 2.05) is 36.4 Å². The number of carbonyl (C=O) groups is 1. The molecule has 0 atom stereocenters. The Balaban J connectivity index is 1.64. The highest BCUT2D eigenvalue weighted by Crippen LogP contribution is 2.25. The SMILES string of the molecule is Cc1ccc([N+](=O)[O-])cc1NC(=O)c1ccc(CSc2ccc(Cl)cc2)cc1. The van der Waals surface area contributed by atoms with Crippen LogP contribution in [0.2, 0.25) is 5.02 Å². The predicted octanol–water partition coefficient (Wildman–Crippen LogP) is 6.10. The summed E-state index contributed by atoms with van der Waals surface area (Å²) in [6, 6.07) is 19.3. The lowest BCUT2D eigenvalue weighted by atomic mass is 10.1. The molecule has 3 aromatic rings. The number of anilines is 1. The van der Waals surface area contributed by atoms with Crippen molar-refractivity contribution >= 4 is 40.6 Å². The summed E-state index contributed by atoms with van der Waals surface area (Å²) in [4.78, 5) is 24.0. The van der Waals surface area contributed by atoms with Crippen LogP contribution in [-0.2, 0) is 5.75 Å². The maximum absolute atomic E-state index is 12.5. The van der Waals surface area contributed by atoms with Gasteiger partial charge in [-0.1, -0.05) is 29.8 Å². The fraction of sp³-hybridized carbons (Fsp3) is 0.0952. The predicted molar refractivity (Wildman–Crippen MR) is 113 cm³/mol. The van der Waals surface area contributed by atoms with Crippen molar-refractivity contribution in [1.82, 2.24) is 0 Å². The molecule has 28 heavy (non-hydrogen) atoms. The second kappa shape index (κ2) is 8.91. The third kappa shape index (κ3) is 5.12.